The van der Waals surface area contributed by atoms with Crippen molar-refractivity contribution in [3.63, 3.8) is 0 Å². The second-order valence-corrected chi connectivity index (χ2v) is 7.47. The lowest BCUT2D eigenvalue weighted by Crippen LogP contribution is -2.56. The predicted molar refractivity (Wildman–Crippen MR) is 96.0 cm³/mol. The summed E-state index contributed by atoms with van der Waals surface area (Å²) in [6, 6.07) is 6.65. The molecule has 3 heterocycles. The van der Waals surface area contributed by atoms with Crippen molar-refractivity contribution in [2.45, 2.75) is 43.4 Å². The molecule has 142 valence electrons. The van der Waals surface area contributed by atoms with Crippen molar-refractivity contribution < 1.29 is 14.0 Å². The van der Waals surface area contributed by atoms with E-state index in [0.29, 0.717) is 38.2 Å². The normalized spacial score (nSPS) is 28.6. The van der Waals surface area contributed by atoms with Gasteiger partial charge in [0.25, 0.3) is 0 Å². The highest BCUT2D eigenvalue weighted by molar-refractivity contribution is 6.01. The van der Waals surface area contributed by atoms with Gasteiger partial charge in [0, 0.05) is 25.3 Å². The van der Waals surface area contributed by atoms with Gasteiger partial charge in [-0.1, -0.05) is 0 Å². The minimum atomic E-state index is -0.745. The van der Waals surface area contributed by atoms with E-state index in [0.717, 1.165) is 6.42 Å². The maximum Gasteiger partial charge on any atom is 0.244 e. The van der Waals surface area contributed by atoms with Crippen LogP contribution in [-0.4, -0.2) is 65.4 Å². The zero-order valence-electron chi connectivity index (χ0n) is 14.9. The highest BCUT2D eigenvalue weighted by atomic mass is 19.1. The van der Waals surface area contributed by atoms with Gasteiger partial charge in [-0.05, 0) is 43.5 Å². The van der Waals surface area contributed by atoms with E-state index in [1.165, 1.54) is 12.1 Å². The first-order chi connectivity index (χ1) is 13.0. The largest absolute Gasteiger partial charge is 0.325 e. The number of nitriles is 1. The summed E-state index contributed by atoms with van der Waals surface area (Å²) in [4.78, 5) is 30.6. The maximum atomic E-state index is 13.1. The Labute approximate surface area is 157 Å². The molecule has 7 nitrogen and oxygen atoms in total. The van der Waals surface area contributed by atoms with E-state index in [1.807, 2.05) is 4.90 Å². The molecule has 3 fully saturated rings. The Kier molecular flexibility index (Phi) is 4.58. The molecule has 27 heavy (non-hydrogen) atoms. The number of benzene rings is 1. The van der Waals surface area contributed by atoms with E-state index in [9.17, 15) is 14.0 Å². The van der Waals surface area contributed by atoms with E-state index in [2.05, 4.69) is 6.07 Å². The topological polar surface area (TPSA) is 93.7 Å². The molecule has 1 unspecified atom stereocenters. The Bertz CT molecular complexity index is 792. The molecule has 8 heteroatoms. The van der Waals surface area contributed by atoms with Gasteiger partial charge in [-0.3, -0.25) is 14.5 Å². The fraction of sp³-hybridized carbons (Fsp3) is 0.526. The number of likely N-dealkylation sites (tertiary alicyclic amines) is 2. The fourth-order valence-corrected chi connectivity index (χ4v) is 4.51. The zero-order valence-corrected chi connectivity index (χ0v) is 14.9. The highest BCUT2D eigenvalue weighted by Crippen LogP contribution is 2.35. The lowest BCUT2D eigenvalue weighted by Gasteiger charge is -2.35. The molecular formula is C19H22FN5O2. The van der Waals surface area contributed by atoms with Crippen LogP contribution in [-0.2, 0) is 9.59 Å². The van der Waals surface area contributed by atoms with Gasteiger partial charge >= 0.3 is 0 Å². The second kappa shape index (κ2) is 6.91. The molecular weight excluding hydrogens is 349 g/mol. The Morgan fingerprint density at radius 3 is 2.78 bits per heavy atom. The van der Waals surface area contributed by atoms with Crippen molar-refractivity contribution in [3.05, 3.63) is 30.1 Å². The fourth-order valence-electron chi connectivity index (χ4n) is 4.51. The standard InChI is InChI=1S/C19H22FN5O2/c20-12-3-5-13(6-4-12)25-15-8-17(19(25)27)23(10-15)11-16(22)18(26)24-7-1-2-14(24)9-21/h3-6,14-17H,1-2,7-8,10-11,22H2/t14-,15?,16-,17-/m0/s1. The van der Waals surface area contributed by atoms with Crippen LogP contribution in [0.3, 0.4) is 0 Å². The van der Waals surface area contributed by atoms with Gasteiger partial charge in [0.1, 0.15) is 11.9 Å². The zero-order chi connectivity index (χ0) is 19.1. The first-order valence-electron chi connectivity index (χ1n) is 9.28. The summed E-state index contributed by atoms with van der Waals surface area (Å²) in [5, 5.41) is 9.16. The van der Waals surface area contributed by atoms with Gasteiger partial charge in [0.2, 0.25) is 11.8 Å². The van der Waals surface area contributed by atoms with Crippen LogP contribution in [0, 0.1) is 17.1 Å². The van der Waals surface area contributed by atoms with Crippen LogP contribution < -0.4 is 10.6 Å². The number of halogens is 1. The van der Waals surface area contributed by atoms with Gasteiger partial charge in [-0.15, -0.1) is 0 Å². The number of carbonyl (C=O) groups excluding carboxylic acids is 2. The van der Waals surface area contributed by atoms with Crippen molar-refractivity contribution in [1.29, 1.82) is 5.26 Å². The molecule has 3 aliphatic rings. The van der Waals surface area contributed by atoms with Crippen LogP contribution in [0.5, 0.6) is 0 Å². The monoisotopic (exact) mass is 371 g/mol. The lowest BCUT2D eigenvalue weighted by molar-refractivity contribution is -0.134. The Morgan fingerprint density at radius 1 is 1.37 bits per heavy atom. The Morgan fingerprint density at radius 2 is 2.11 bits per heavy atom. The number of nitrogens with two attached hydrogens (primary N) is 1. The number of hydrogen-bond donors (Lipinski definition) is 1. The van der Waals surface area contributed by atoms with Crippen LogP contribution >= 0.6 is 0 Å². The molecule has 3 aliphatic heterocycles. The molecule has 0 aliphatic carbocycles. The van der Waals surface area contributed by atoms with Crippen molar-refractivity contribution in [2.24, 2.45) is 5.73 Å². The lowest BCUT2D eigenvalue weighted by atomic mass is 10.2. The predicted octanol–water partition coefficient (Wildman–Crippen LogP) is 0.457. The highest BCUT2D eigenvalue weighted by Gasteiger charge is 2.50. The molecule has 4 atom stereocenters. The number of piperazine rings is 1. The van der Waals surface area contributed by atoms with Crippen molar-refractivity contribution in [2.75, 3.05) is 24.5 Å². The molecule has 1 aromatic carbocycles. The van der Waals surface area contributed by atoms with Gasteiger partial charge in [-0.25, -0.2) is 4.39 Å². The molecule has 0 spiro atoms. The number of hydrogen-bond acceptors (Lipinski definition) is 5. The van der Waals surface area contributed by atoms with Gasteiger partial charge in [-0.2, -0.15) is 5.26 Å². The molecule has 0 aromatic heterocycles. The molecule has 3 saturated heterocycles. The number of amides is 2. The number of nitrogens with zero attached hydrogens (tertiary/aromatic N) is 4. The SMILES string of the molecule is N#C[C@@H]1CCCN1C(=O)[C@@H](N)CN1CC2C[C@H]1C(=O)N2c1ccc(F)cc1. The smallest absolute Gasteiger partial charge is 0.244 e. The van der Waals surface area contributed by atoms with E-state index < -0.39 is 12.1 Å². The third-order valence-corrected chi connectivity index (χ3v) is 5.81. The van der Waals surface area contributed by atoms with Gasteiger partial charge < -0.3 is 15.5 Å². The van der Waals surface area contributed by atoms with E-state index in [1.54, 1.807) is 21.9 Å². The van der Waals surface area contributed by atoms with Crippen LogP contribution in [0.1, 0.15) is 19.3 Å². The van der Waals surface area contributed by atoms with Crippen LogP contribution in [0.2, 0.25) is 0 Å². The number of carbonyl (C=O) groups is 2. The van der Waals surface area contributed by atoms with E-state index >= 15 is 0 Å². The summed E-state index contributed by atoms with van der Waals surface area (Å²) in [5.74, 6) is -0.586. The Hall–Kier alpha value is -2.50. The average Bonchev–Trinajstić information content (AvgIpc) is 3.36. The van der Waals surface area contributed by atoms with Crippen LogP contribution in [0.4, 0.5) is 10.1 Å². The molecule has 2 bridgehead atoms. The second-order valence-electron chi connectivity index (χ2n) is 7.47. The third-order valence-electron chi connectivity index (χ3n) is 5.81. The van der Waals surface area contributed by atoms with Gasteiger partial charge in [0.05, 0.1) is 24.2 Å². The number of fused-ring (bicyclic) bond motifs is 2. The number of anilines is 1. The molecule has 2 amide bonds. The third kappa shape index (κ3) is 3.07. The minimum absolute atomic E-state index is 0.00825. The minimum Gasteiger partial charge on any atom is -0.325 e. The quantitative estimate of drug-likeness (QED) is 0.830. The van der Waals surface area contributed by atoms with Crippen molar-refractivity contribution >= 4 is 17.5 Å². The first kappa shape index (κ1) is 17.9. The van der Waals surface area contributed by atoms with Crippen LogP contribution in [0.25, 0.3) is 0 Å². The molecule has 2 N–H and O–H groups in total. The molecule has 0 saturated carbocycles. The Balaban J connectivity index is 1.40. The van der Waals surface area contributed by atoms with Crippen molar-refractivity contribution in [3.8, 4) is 6.07 Å². The number of rotatable bonds is 4. The summed E-state index contributed by atoms with van der Waals surface area (Å²) < 4.78 is 13.1. The maximum absolute atomic E-state index is 13.1. The first-order valence-corrected chi connectivity index (χ1v) is 9.28. The molecule has 1 aromatic rings. The van der Waals surface area contributed by atoms with Crippen molar-refractivity contribution in [1.82, 2.24) is 9.80 Å². The van der Waals surface area contributed by atoms with Crippen LogP contribution in [0.15, 0.2) is 24.3 Å². The summed E-state index contributed by atoms with van der Waals surface area (Å²) in [5.41, 5.74) is 6.82. The van der Waals surface area contributed by atoms with E-state index in [-0.39, 0.29) is 29.7 Å². The molecule has 4 rings (SSSR count). The van der Waals surface area contributed by atoms with Gasteiger partial charge in [0.15, 0.2) is 0 Å². The summed E-state index contributed by atoms with van der Waals surface area (Å²) >= 11 is 0. The average molecular weight is 371 g/mol. The summed E-state index contributed by atoms with van der Waals surface area (Å²) in [6.07, 6.45) is 2.19. The summed E-state index contributed by atoms with van der Waals surface area (Å²) in [6.45, 7) is 1.50. The molecule has 0 radical (unpaired) electrons. The summed E-state index contributed by atoms with van der Waals surface area (Å²) in [7, 11) is 0. The van der Waals surface area contributed by atoms with E-state index in [4.69, 9.17) is 11.0 Å².